The van der Waals surface area contributed by atoms with Crippen molar-refractivity contribution in [3.05, 3.63) is 35.9 Å². The first-order valence-corrected chi connectivity index (χ1v) is 13.2. The van der Waals surface area contributed by atoms with Crippen LogP contribution in [0.1, 0.15) is 26.3 Å². The number of aliphatic hydroxyl groups is 1. The largest absolute Gasteiger partial charge is 0.390 e. The second-order valence-corrected chi connectivity index (χ2v) is 11.4. The van der Waals surface area contributed by atoms with E-state index in [9.17, 15) is 22.5 Å². The van der Waals surface area contributed by atoms with Crippen LogP contribution in [0.25, 0.3) is 0 Å². The van der Waals surface area contributed by atoms with Crippen molar-refractivity contribution in [3.63, 3.8) is 0 Å². The van der Waals surface area contributed by atoms with Gasteiger partial charge in [0.25, 0.3) is 0 Å². The maximum absolute atomic E-state index is 12.6. The zero-order valence-corrected chi connectivity index (χ0v) is 19.5. The van der Waals surface area contributed by atoms with E-state index in [1.54, 1.807) is 6.92 Å². The van der Waals surface area contributed by atoms with E-state index >= 15 is 0 Å². The van der Waals surface area contributed by atoms with Crippen LogP contribution in [0.4, 0.5) is 0 Å². The molecule has 0 saturated carbocycles. The number of hydrogen-bond acceptors (Lipinski definition) is 5. The van der Waals surface area contributed by atoms with Crippen LogP contribution in [0.2, 0.25) is 0 Å². The molecule has 2 N–H and O–H groups in total. The number of carbonyl (C=O) groups is 1. The molecule has 1 rings (SSSR count). The van der Waals surface area contributed by atoms with Gasteiger partial charge in [-0.3, -0.25) is 9.00 Å². The van der Waals surface area contributed by atoms with Crippen molar-refractivity contribution in [2.45, 2.75) is 39.3 Å². The van der Waals surface area contributed by atoms with E-state index in [2.05, 4.69) is 5.32 Å². The Kier molecular flexibility index (Phi) is 10.5. The van der Waals surface area contributed by atoms with Gasteiger partial charge in [-0.05, 0) is 17.9 Å². The number of benzene rings is 1. The summed E-state index contributed by atoms with van der Waals surface area (Å²) in [5.41, 5.74) is 0.915. The van der Waals surface area contributed by atoms with Crippen LogP contribution in [-0.4, -0.2) is 71.4 Å². The van der Waals surface area contributed by atoms with E-state index in [0.717, 1.165) is 11.8 Å². The quantitative estimate of drug-likeness (QED) is 0.499. The molecular formula is C20H34N2O5S2. The van der Waals surface area contributed by atoms with E-state index in [-0.39, 0.29) is 30.7 Å². The Labute approximate surface area is 177 Å². The summed E-state index contributed by atoms with van der Waals surface area (Å²) < 4.78 is 36.9. The fraction of sp³-hybridized carbons (Fsp3) is 0.650. The van der Waals surface area contributed by atoms with Crippen LogP contribution < -0.4 is 5.32 Å². The summed E-state index contributed by atoms with van der Waals surface area (Å²) in [6.45, 7) is 5.67. The second kappa shape index (κ2) is 11.8. The molecule has 0 saturated heterocycles. The SMILES string of the molecule is CC(C)CN(CC(O)C(Cc1ccccc1)NC(=O)C(C)CS(C)=O)S(C)(=O)=O. The van der Waals surface area contributed by atoms with Gasteiger partial charge in [-0.2, -0.15) is 4.31 Å². The highest BCUT2D eigenvalue weighted by atomic mass is 32.2. The molecule has 0 fully saturated rings. The maximum Gasteiger partial charge on any atom is 0.224 e. The van der Waals surface area contributed by atoms with E-state index in [0.29, 0.717) is 6.42 Å². The Bertz CT molecular complexity index is 768. The fourth-order valence-electron chi connectivity index (χ4n) is 2.99. The van der Waals surface area contributed by atoms with E-state index in [1.165, 1.54) is 10.6 Å². The molecule has 1 aromatic rings. The van der Waals surface area contributed by atoms with Crippen LogP contribution in [0.5, 0.6) is 0 Å². The van der Waals surface area contributed by atoms with Gasteiger partial charge in [-0.15, -0.1) is 0 Å². The lowest BCUT2D eigenvalue weighted by atomic mass is 10.00. The third-order valence-electron chi connectivity index (χ3n) is 4.45. The molecular weight excluding hydrogens is 412 g/mol. The minimum atomic E-state index is -3.50. The topological polar surface area (TPSA) is 104 Å². The molecule has 4 unspecified atom stereocenters. The Balaban J connectivity index is 3.01. The van der Waals surface area contributed by atoms with Gasteiger partial charge in [0.05, 0.1) is 18.4 Å². The molecule has 0 aliphatic carbocycles. The third-order valence-corrected chi connectivity index (χ3v) is 6.66. The molecule has 166 valence electrons. The molecule has 0 heterocycles. The molecule has 0 aliphatic heterocycles. The van der Waals surface area contributed by atoms with Crippen LogP contribution in [0, 0.1) is 11.8 Å². The summed E-state index contributed by atoms with van der Waals surface area (Å²) in [6, 6.07) is 8.71. The summed E-state index contributed by atoms with van der Waals surface area (Å²) in [7, 11) is -4.62. The monoisotopic (exact) mass is 446 g/mol. The van der Waals surface area contributed by atoms with Crippen LogP contribution in [0.3, 0.4) is 0 Å². The predicted octanol–water partition coefficient (Wildman–Crippen LogP) is 1.01. The average Bonchev–Trinajstić information content (AvgIpc) is 2.59. The van der Waals surface area contributed by atoms with Crippen molar-refractivity contribution in [1.82, 2.24) is 9.62 Å². The smallest absolute Gasteiger partial charge is 0.224 e. The molecule has 4 atom stereocenters. The summed E-state index contributed by atoms with van der Waals surface area (Å²) >= 11 is 0. The standard InChI is InChI=1S/C20H34N2O5S2/c1-15(2)12-22(29(5,26)27)13-19(23)18(11-17-9-7-6-8-10-17)21-20(24)16(3)14-28(4)25/h6-10,15-16,18-19,23H,11-14H2,1-5H3,(H,21,24). The summed E-state index contributed by atoms with van der Waals surface area (Å²) in [5.74, 6) is -0.468. The zero-order chi connectivity index (χ0) is 22.2. The minimum absolute atomic E-state index is 0.0960. The van der Waals surface area contributed by atoms with Gasteiger partial charge in [0.2, 0.25) is 15.9 Å². The van der Waals surface area contributed by atoms with Crippen LogP contribution >= 0.6 is 0 Å². The number of aliphatic hydroxyl groups excluding tert-OH is 1. The van der Waals surface area contributed by atoms with Crippen molar-refractivity contribution in [2.24, 2.45) is 11.8 Å². The Morgan fingerprint density at radius 3 is 2.24 bits per heavy atom. The normalized spacial score (nSPS) is 16.4. The lowest BCUT2D eigenvalue weighted by Gasteiger charge is -2.30. The van der Waals surface area contributed by atoms with Gasteiger partial charge < -0.3 is 10.4 Å². The highest BCUT2D eigenvalue weighted by molar-refractivity contribution is 7.88. The molecule has 1 aromatic carbocycles. The van der Waals surface area contributed by atoms with Gasteiger partial charge in [-0.25, -0.2) is 8.42 Å². The fourth-order valence-corrected chi connectivity index (χ4v) is 4.84. The van der Waals surface area contributed by atoms with E-state index < -0.39 is 38.9 Å². The molecule has 0 radical (unpaired) electrons. The summed E-state index contributed by atoms with van der Waals surface area (Å²) in [6.07, 6.45) is 1.92. The maximum atomic E-state index is 12.6. The summed E-state index contributed by atoms with van der Waals surface area (Å²) in [4.78, 5) is 12.6. The van der Waals surface area contributed by atoms with E-state index in [4.69, 9.17) is 0 Å². The van der Waals surface area contributed by atoms with Gasteiger partial charge in [0.15, 0.2) is 0 Å². The third kappa shape index (κ3) is 9.84. The molecule has 0 aromatic heterocycles. The van der Waals surface area contributed by atoms with Crippen molar-refractivity contribution in [1.29, 1.82) is 0 Å². The number of carbonyl (C=O) groups excluding carboxylic acids is 1. The van der Waals surface area contributed by atoms with Gasteiger partial charge in [-0.1, -0.05) is 51.1 Å². The minimum Gasteiger partial charge on any atom is -0.390 e. The van der Waals surface area contributed by atoms with Crippen LogP contribution in [0.15, 0.2) is 30.3 Å². The Morgan fingerprint density at radius 2 is 1.76 bits per heavy atom. The van der Waals surface area contributed by atoms with Crippen LogP contribution in [-0.2, 0) is 32.0 Å². The number of hydrogen-bond donors (Lipinski definition) is 2. The first-order chi connectivity index (χ1) is 13.4. The molecule has 0 aliphatic rings. The molecule has 9 heteroatoms. The molecule has 0 spiro atoms. The average molecular weight is 447 g/mol. The van der Waals surface area contributed by atoms with Gasteiger partial charge in [0.1, 0.15) is 0 Å². The Morgan fingerprint density at radius 1 is 1.17 bits per heavy atom. The zero-order valence-electron chi connectivity index (χ0n) is 17.9. The number of sulfonamides is 1. The van der Waals surface area contributed by atoms with E-state index in [1.807, 2.05) is 44.2 Å². The lowest BCUT2D eigenvalue weighted by Crippen LogP contribution is -2.52. The molecule has 7 nitrogen and oxygen atoms in total. The van der Waals surface area contributed by atoms with Crippen molar-refractivity contribution in [3.8, 4) is 0 Å². The lowest BCUT2D eigenvalue weighted by molar-refractivity contribution is -0.125. The van der Waals surface area contributed by atoms with Crippen molar-refractivity contribution >= 4 is 26.7 Å². The number of nitrogens with zero attached hydrogens (tertiary/aromatic N) is 1. The molecule has 29 heavy (non-hydrogen) atoms. The first kappa shape index (κ1) is 25.7. The number of rotatable bonds is 12. The highest BCUT2D eigenvalue weighted by Gasteiger charge is 2.29. The Hall–Kier alpha value is -1.29. The number of amides is 1. The van der Waals surface area contributed by atoms with Gasteiger partial charge >= 0.3 is 0 Å². The van der Waals surface area contributed by atoms with Crippen molar-refractivity contribution in [2.75, 3.05) is 31.4 Å². The first-order valence-electron chi connectivity index (χ1n) is 9.67. The second-order valence-electron chi connectivity index (χ2n) is 7.99. The molecule has 1 amide bonds. The number of nitrogens with one attached hydrogen (secondary N) is 1. The van der Waals surface area contributed by atoms with Crippen molar-refractivity contribution < 1.29 is 22.5 Å². The summed E-state index contributed by atoms with van der Waals surface area (Å²) in [5, 5.41) is 13.7. The molecule has 0 bridgehead atoms. The van der Waals surface area contributed by atoms with Gasteiger partial charge in [0, 0.05) is 41.8 Å². The highest BCUT2D eigenvalue weighted by Crippen LogP contribution is 2.12. The predicted molar refractivity (Wildman–Crippen MR) is 117 cm³/mol.